The van der Waals surface area contributed by atoms with Gasteiger partial charge >= 0.3 is 5.97 Å². The van der Waals surface area contributed by atoms with Crippen molar-refractivity contribution in [1.82, 2.24) is 0 Å². The van der Waals surface area contributed by atoms with E-state index < -0.39 is 5.25 Å². The average molecular weight is 226 g/mol. The molecule has 0 aromatic heterocycles. The summed E-state index contributed by atoms with van der Waals surface area (Å²) in [5.74, 6) is 0.434. The highest BCUT2D eigenvalue weighted by atomic mass is 32.1. The third kappa shape index (κ3) is 3.83. The molecule has 3 nitrogen and oxygen atoms in total. The van der Waals surface area contributed by atoms with Gasteiger partial charge in [0.1, 0.15) is 12.4 Å². The monoisotopic (exact) mass is 226 g/mol. The average Bonchev–Trinajstić information content (AvgIpc) is 2.26. The number of hydrogen-bond donors (Lipinski definition) is 1. The van der Waals surface area contributed by atoms with Crippen LogP contribution in [-0.2, 0) is 16.1 Å². The minimum atomic E-state index is -0.393. The molecule has 0 saturated heterocycles. The molecule has 1 rings (SSSR count). The molecule has 0 aliphatic heterocycles. The number of methoxy groups -OCH3 is 1. The second kappa shape index (κ2) is 5.66. The predicted molar refractivity (Wildman–Crippen MR) is 61.2 cm³/mol. The number of benzene rings is 1. The lowest BCUT2D eigenvalue weighted by Crippen LogP contribution is -2.14. The van der Waals surface area contributed by atoms with E-state index in [0.717, 1.165) is 11.3 Å². The molecule has 1 aromatic rings. The van der Waals surface area contributed by atoms with Crippen molar-refractivity contribution in [2.45, 2.75) is 18.8 Å². The topological polar surface area (TPSA) is 35.5 Å². The largest absolute Gasteiger partial charge is 0.497 e. The Kier molecular flexibility index (Phi) is 4.49. The lowest BCUT2D eigenvalue weighted by atomic mass is 10.2. The van der Waals surface area contributed by atoms with E-state index in [1.807, 2.05) is 24.3 Å². The van der Waals surface area contributed by atoms with Crippen LogP contribution in [0.3, 0.4) is 0 Å². The number of carbonyl (C=O) groups excluding carboxylic acids is 1. The number of esters is 1. The molecule has 0 bridgehead atoms. The number of hydrogen-bond acceptors (Lipinski definition) is 4. The van der Waals surface area contributed by atoms with Gasteiger partial charge in [-0.15, -0.1) is 0 Å². The second-order valence-electron chi connectivity index (χ2n) is 3.14. The van der Waals surface area contributed by atoms with Crippen LogP contribution in [0.25, 0.3) is 0 Å². The molecule has 15 heavy (non-hydrogen) atoms. The van der Waals surface area contributed by atoms with Crippen molar-refractivity contribution in [3.63, 3.8) is 0 Å². The maximum Gasteiger partial charge on any atom is 0.318 e. The van der Waals surface area contributed by atoms with Crippen LogP contribution >= 0.6 is 12.6 Å². The van der Waals surface area contributed by atoms with Crippen molar-refractivity contribution in [1.29, 1.82) is 0 Å². The summed E-state index contributed by atoms with van der Waals surface area (Å²) in [6.07, 6.45) is 0. The molecule has 4 heteroatoms. The van der Waals surface area contributed by atoms with E-state index >= 15 is 0 Å². The summed E-state index contributed by atoms with van der Waals surface area (Å²) in [5.41, 5.74) is 0.900. The maximum absolute atomic E-state index is 11.1. The highest BCUT2D eigenvalue weighted by molar-refractivity contribution is 7.81. The van der Waals surface area contributed by atoms with E-state index in [-0.39, 0.29) is 12.6 Å². The van der Waals surface area contributed by atoms with Crippen LogP contribution in [0.2, 0.25) is 0 Å². The second-order valence-corrected chi connectivity index (χ2v) is 3.91. The summed E-state index contributed by atoms with van der Waals surface area (Å²) in [6.45, 7) is 1.93. The molecule has 0 aliphatic carbocycles. The number of rotatable bonds is 4. The molecular formula is C11H14O3S. The number of carbonyl (C=O) groups is 1. The fourth-order valence-electron chi connectivity index (χ4n) is 1.04. The zero-order valence-corrected chi connectivity index (χ0v) is 9.66. The van der Waals surface area contributed by atoms with Gasteiger partial charge < -0.3 is 9.47 Å². The highest BCUT2D eigenvalue weighted by Gasteiger charge is 2.09. The standard InChI is InChI=1S/C11H14O3S/c1-8(15)11(12)14-7-9-4-3-5-10(6-9)13-2/h3-6,8,15H,7H2,1-2H3. The lowest BCUT2D eigenvalue weighted by molar-refractivity contribution is -0.143. The van der Waals surface area contributed by atoms with Gasteiger partial charge in [-0.3, -0.25) is 4.79 Å². The Morgan fingerprint density at radius 2 is 2.27 bits per heavy atom. The summed E-state index contributed by atoms with van der Waals surface area (Å²) in [6, 6.07) is 7.40. The first kappa shape index (κ1) is 11.9. The van der Waals surface area contributed by atoms with Crippen molar-refractivity contribution in [2.24, 2.45) is 0 Å². The summed E-state index contributed by atoms with van der Waals surface area (Å²) < 4.78 is 10.1. The molecule has 1 atom stereocenters. The molecule has 0 spiro atoms. The smallest absolute Gasteiger partial charge is 0.318 e. The van der Waals surface area contributed by atoms with Crippen LogP contribution in [0.15, 0.2) is 24.3 Å². The molecule has 1 aromatic carbocycles. The van der Waals surface area contributed by atoms with E-state index in [1.165, 1.54) is 0 Å². The summed E-state index contributed by atoms with van der Waals surface area (Å²) in [5, 5.41) is -0.393. The van der Waals surface area contributed by atoms with Gasteiger partial charge in [0.15, 0.2) is 0 Å². The van der Waals surface area contributed by atoms with Crippen LogP contribution < -0.4 is 4.74 Å². The molecule has 0 amide bonds. The van der Waals surface area contributed by atoms with Crippen LogP contribution in [0.5, 0.6) is 5.75 Å². The van der Waals surface area contributed by atoms with Crippen molar-refractivity contribution < 1.29 is 14.3 Å². The van der Waals surface area contributed by atoms with E-state index in [4.69, 9.17) is 9.47 Å². The minimum Gasteiger partial charge on any atom is -0.497 e. The van der Waals surface area contributed by atoms with Gasteiger partial charge in [0.2, 0.25) is 0 Å². The zero-order chi connectivity index (χ0) is 11.3. The van der Waals surface area contributed by atoms with E-state index in [0.29, 0.717) is 0 Å². The Hall–Kier alpha value is -1.16. The summed E-state index contributed by atoms with van der Waals surface area (Å²) in [4.78, 5) is 11.1. The van der Waals surface area contributed by atoms with Gasteiger partial charge in [-0.2, -0.15) is 12.6 Å². The van der Waals surface area contributed by atoms with E-state index in [2.05, 4.69) is 12.6 Å². The fourth-order valence-corrected chi connectivity index (χ4v) is 1.11. The van der Waals surface area contributed by atoms with Crippen LogP contribution in [0.1, 0.15) is 12.5 Å². The molecule has 0 fully saturated rings. The summed E-state index contributed by atoms with van der Waals surface area (Å²) >= 11 is 3.98. The highest BCUT2D eigenvalue weighted by Crippen LogP contribution is 2.13. The third-order valence-corrected chi connectivity index (χ3v) is 2.07. The Morgan fingerprint density at radius 3 is 2.87 bits per heavy atom. The predicted octanol–water partition coefficient (Wildman–Crippen LogP) is 2.06. The third-order valence-electron chi connectivity index (χ3n) is 1.86. The quantitative estimate of drug-likeness (QED) is 0.630. The summed E-state index contributed by atoms with van der Waals surface area (Å²) in [7, 11) is 1.60. The van der Waals surface area contributed by atoms with Gasteiger partial charge in [-0.1, -0.05) is 12.1 Å². The van der Waals surface area contributed by atoms with Gasteiger partial charge in [0.25, 0.3) is 0 Å². The van der Waals surface area contributed by atoms with Crippen LogP contribution in [0, 0.1) is 0 Å². The van der Waals surface area contributed by atoms with Crippen LogP contribution in [-0.4, -0.2) is 18.3 Å². The van der Waals surface area contributed by atoms with Crippen molar-refractivity contribution >= 4 is 18.6 Å². The molecule has 0 saturated carbocycles. The lowest BCUT2D eigenvalue weighted by Gasteiger charge is -2.07. The first-order chi connectivity index (χ1) is 7.13. The molecule has 0 heterocycles. The molecule has 0 radical (unpaired) electrons. The van der Waals surface area contributed by atoms with Crippen molar-refractivity contribution in [2.75, 3.05) is 7.11 Å². The van der Waals surface area contributed by atoms with E-state index in [1.54, 1.807) is 14.0 Å². The maximum atomic E-state index is 11.1. The zero-order valence-electron chi connectivity index (χ0n) is 8.77. The van der Waals surface area contributed by atoms with Gasteiger partial charge in [0, 0.05) is 0 Å². The SMILES string of the molecule is COc1cccc(COC(=O)C(C)S)c1. The molecule has 0 N–H and O–H groups in total. The number of thiol groups is 1. The fraction of sp³-hybridized carbons (Fsp3) is 0.364. The minimum absolute atomic E-state index is 0.251. The van der Waals surface area contributed by atoms with Gasteiger partial charge in [-0.25, -0.2) is 0 Å². The molecule has 1 unspecified atom stereocenters. The Balaban J connectivity index is 2.54. The first-order valence-corrected chi connectivity index (χ1v) is 5.12. The van der Waals surface area contributed by atoms with Gasteiger partial charge in [0.05, 0.1) is 12.4 Å². The molecular weight excluding hydrogens is 212 g/mol. The normalized spacial score (nSPS) is 11.9. The Labute approximate surface area is 94.8 Å². The van der Waals surface area contributed by atoms with Crippen LogP contribution in [0.4, 0.5) is 0 Å². The Morgan fingerprint density at radius 1 is 1.53 bits per heavy atom. The molecule has 0 aliphatic rings. The Bertz CT molecular complexity index is 336. The molecule has 82 valence electrons. The first-order valence-electron chi connectivity index (χ1n) is 4.61. The van der Waals surface area contributed by atoms with E-state index in [9.17, 15) is 4.79 Å². The van der Waals surface area contributed by atoms with Gasteiger partial charge in [-0.05, 0) is 24.6 Å². The van der Waals surface area contributed by atoms with Crippen molar-refractivity contribution in [3.8, 4) is 5.75 Å². The number of ether oxygens (including phenoxy) is 2. The van der Waals surface area contributed by atoms with Crippen molar-refractivity contribution in [3.05, 3.63) is 29.8 Å².